The number of hydrogen-bond acceptors (Lipinski definition) is 5. The van der Waals surface area contributed by atoms with E-state index in [1.165, 1.54) is 28.3 Å². The minimum absolute atomic E-state index is 0.0127. The Balaban J connectivity index is 1.56. The summed E-state index contributed by atoms with van der Waals surface area (Å²) in [6, 6.07) is 10.2. The number of nitrogens with zero attached hydrogens (tertiary/aromatic N) is 4. The van der Waals surface area contributed by atoms with Gasteiger partial charge in [-0.15, -0.1) is 11.3 Å². The van der Waals surface area contributed by atoms with Crippen molar-refractivity contribution in [2.24, 2.45) is 0 Å². The van der Waals surface area contributed by atoms with E-state index in [0.717, 1.165) is 12.1 Å². The second kappa shape index (κ2) is 8.07. The van der Waals surface area contributed by atoms with Crippen LogP contribution >= 0.6 is 11.3 Å². The normalized spacial score (nSPS) is 11.4. The molecular weight excluding hydrogens is 415 g/mol. The van der Waals surface area contributed by atoms with E-state index in [0.29, 0.717) is 22.1 Å². The first-order valence-corrected chi connectivity index (χ1v) is 9.65. The van der Waals surface area contributed by atoms with E-state index in [1.54, 1.807) is 29.9 Å². The van der Waals surface area contributed by atoms with Crippen LogP contribution in [0.2, 0.25) is 0 Å². The van der Waals surface area contributed by atoms with Gasteiger partial charge in [0.25, 0.3) is 0 Å². The molecule has 0 spiro atoms. The number of pyridine rings is 1. The predicted molar refractivity (Wildman–Crippen MR) is 106 cm³/mol. The van der Waals surface area contributed by atoms with Gasteiger partial charge in [0.15, 0.2) is 0 Å². The first kappa shape index (κ1) is 19.8. The zero-order valence-corrected chi connectivity index (χ0v) is 16.1. The van der Waals surface area contributed by atoms with E-state index >= 15 is 0 Å². The van der Waals surface area contributed by atoms with Gasteiger partial charge >= 0.3 is 6.18 Å². The molecule has 0 saturated carbocycles. The van der Waals surface area contributed by atoms with Gasteiger partial charge in [-0.1, -0.05) is 6.07 Å². The topological polar surface area (TPSA) is 72.7 Å². The van der Waals surface area contributed by atoms with Crippen molar-refractivity contribution in [1.29, 1.82) is 0 Å². The number of rotatable bonds is 5. The lowest BCUT2D eigenvalue weighted by Gasteiger charge is -2.14. The lowest BCUT2D eigenvalue weighted by atomic mass is 10.1. The van der Waals surface area contributed by atoms with Gasteiger partial charge in [-0.3, -0.25) is 9.78 Å². The molecule has 3 aromatic heterocycles. The monoisotopic (exact) mass is 429 g/mol. The van der Waals surface area contributed by atoms with Crippen molar-refractivity contribution in [2.45, 2.75) is 12.6 Å². The van der Waals surface area contributed by atoms with Crippen LogP contribution in [0.1, 0.15) is 11.3 Å². The summed E-state index contributed by atoms with van der Waals surface area (Å²) in [5, 5.41) is 8.98. The molecule has 0 radical (unpaired) electrons. The van der Waals surface area contributed by atoms with Gasteiger partial charge in [0.2, 0.25) is 5.91 Å². The number of thiazole rings is 1. The number of hydrogen-bond donors (Lipinski definition) is 1. The summed E-state index contributed by atoms with van der Waals surface area (Å²) in [4.78, 5) is 21.1. The summed E-state index contributed by atoms with van der Waals surface area (Å²) in [6.07, 6.45) is 0.107. The summed E-state index contributed by atoms with van der Waals surface area (Å²) in [7, 11) is 0. The van der Waals surface area contributed by atoms with Crippen LogP contribution in [-0.4, -0.2) is 25.7 Å². The van der Waals surface area contributed by atoms with Gasteiger partial charge in [-0.2, -0.15) is 18.3 Å². The second-order valence-electron chi connectivity index (χ2n) is 6.26. The van der Waals surface area contributed by atoms with Crippen LogP contribution in [0.3, 0.4) is 0 Å². The van der Waals surface area contributed by atoms with Crippen LogP contribution in [0, 0.1) is 0 Å². The summed E-state index contributed by atoms with van der Waals surface area (Å²) >= 11 is 1.34. The molecule has 0 aliphatic carbocycles. The third-order valence-corrected chi connectivity index (χ3v) is 5.04. The molecule has 0 aliphatic rings. The highest BCUT2D eigenvalue weighted by Crippen LogP contribution is 2.33. The second-order valence-corrected chi connectivity index (χ2v) is 7.12. The number of nitrogens with one attached hydrogen (secondary N) is 1. The Morgan fingerprint density at radius 3 is 2.70 bits per heavy atom. The predicted octanol–water partition coefficient (Wildman–Crippen LogP) is 4.59. The van der Waals surface area contributed by atoms with E-state index in [2.05, 4.69) is 20.4 Å². The van der Waals surface area contributed by atoms with Crippen molar-refractivity contribution in [2.75, 3.05) is 5.32 Å². The third kappa shape index (κ3) is 4.38. The fourth-order valence-corrected chi connectivity index (χ4v) is 3.57. The van der Waals surface area contributed by atoms with Crippen LogP contribution in [-0.2, 0) is 17.4 Å². The highest BCUT2D eigenvalue weighted by molar-refractivity contribution is 7.13. The van der Waals surface area contributed by atoms with E-state index < -0.39 is 17.6 Å². The van der Waals surface area contributed by atoms with Gasteiger partial charge in [0.05, 0.1) is 34.7 Å². The number of alkyl halides is 3. The van der Waals surface area contributed by atoms with Crippen molar-refractivity contribution >= 4 is 22.9 Å². The molecule has 1 aromatic carbocycles. The average molecular weight is 429 g/mol. The van der Waals surface area contributed by atoms with Gasteiger partial charge in [-0.05, 0) is 36.4 Å². The Morgan fingerprint density at radius 1 is 1.13 bits per heavy atom. The molecule has 30 heavy (non-hydrogen) atoms. The molecule has 3 heterocycles. The number of aromatic nitrogens is 4. The largest absolute Gasteiger partial charge is 0.416 e. The molecule has 1 N–H and O–H groups in total. The number of amides is 1. The molecule has 4 aromatic rings. The average Bonchev–Trinajstić information content (AvgIpc) is 3.40. The van der Waals surface area contributed by atoms with Crippen molar-refractivity contribution in [3.05, 3.63) is 77.7 Å². The summed E-state index contributed by atoms with van der Waals surface area (Å²) in [5.74, 6) is -0.486. The highest BCUT2D eigenvalue weighted by atomic mass is 32.1. The SMILES string of the molecule is O=C(Cc1csc(-c2ccccn2)n1)Nc1cc(C(F)(F)F)ccc1-n1cccn1. The smallest absolute Gasteiger partial charge is 0.324 e. The number of halogens is 3. The van der Waals surface area contributed by atoms with Crippen LogP contribution < -0.4 is 5.32 Å². The maximum atomic E-state index is 13.1. The third-order valence-electron chi connectivity index (χ3n) is 4.13. The number of benzene rings is 1. The van der Waals surface area contributed by atoms with Crippen LogP contribution in [0.4, 0.5) is 18.9 Å². The fraction of sp³-hybridized carbons (Fsp3) is 0.100. The van der Waals surface area contributed by atoms with Crippen LogP contribution in [0.5, 0.6) is 0 Å². The van der Waals surface area contributed by atoms with E-state index in [-0.39, 0.29) is 12.1 Å². The Hall–Kier alpha value is -3.53. The molecule has 152 valence electrons. The molecule has 6 nitrogen and oxygen atoms in total. The number of carbonyl (C=O) groups is 1. The van der Waals surface area contributed by atoms with Crippen molar-refractivity contribution in [1.82, 2.24) is 19.7 Å². The summed E-state index contributed by atoms with van der Waals surface area (Å²) in [5.41, 5.74) is 0.672. The lowest BCUT2D eigenvalue weighted by Crippen LogP contribution is -2.17. The maximum Gasteiger partial charge on any atom is 0.416 e. The number of carbonyl (C=O) groups excluding carboxylic acids is 1. The molecule has 1 amide bonds. The van der Waals surface area contributed by atoms with Crippen molar-refractivity contribution in [3.8, 4) is 16.4 Å². The molecule has 0 aliphatic heterocycles. The maximum absolute atomic E-state index is 13.1. The Bertz CT molecular complexity index is 1160. The molecule has 4 rings (SSSR count). The standard InChI is InChI=1S/C20H14F3N5OS/c21-20(22,23)13-5-6-17(28-9-3-8-25-28)16(10-13)27-18(29)11-14-12-30-19(26-14)15-4-1-2-7-24-15/h1-10,12H,11H2,(H,27,29). The summed E-state index contributed by atoms with van der Waals surface area (Å²) < 4.78 is 40.8. The van der Waals surface area contributed by atoms with Crippen molar-refractivity contribution < 1.29 is 18.0 Å². The minimum atomic E-state index is -4.53. The zero-order chi connectivity index (χ0) is 21.1. The van der Waals surface area contributed by atoms with Gasteiger partial charge in [-0.25, -0.2) is 9.67 Å². The van der Waals surface area contributed by atoms with Crippen LogP contribution in [0.25, 0.3) is 16.4 Å². The zero-order valence-electron chi connectivity index (χ0n) is 15.3. The fourth-order valence-electron chi connectivity index (χ4n) is 2.78. The van der Waals surface area contributed by atoms with E-state index in [4.69, 9.17) is 0 Å². The Morgan fingerprint density at radius 2 is 2.00 bits per heavy atom. The molecule has 0 atom stereocenters. The molecule has 10 heteroatoms. The Labute approximate surface area is 173 Å². The van der Waals surface area contributed by atoms with Crippen LogP contribution in [0.15, 0.2) is 66.4 Å². The van der Waals surface area contributed by atoms with Gasteiger partial charge in [0.1, 0.15) is 5.01 Å². The number of anilines is 1. The quantitative estimate of drug-likeness (QED) is 0.504. The molecule has 0 bridgehead atoms. The first-order chi connectivity index (χ1) is 14.4. The van der Waals surface area contributed by atoms with E-state index in [1.807, 2.05) is 12.1 Å². The first-order valence-electron chi connectivity index (χ1n) is 8.77. The highest BCUT2D eigenvalue weighted by Gasteiger charge is 2.31. The van der Waals surface area contributed by atoms with Gasteiger partial charge in [0, 0.05) is 24.0 Å². The Kier molecular flexibility index (Phi) is 5.32. The minimum Gasteiger partial charge on any atom is -0.324 e. The van der Waals surface area contributed by atoms with Crippen molar-refractivity contribution in [3.63, 3.8) is 0 Å². The molecular formula is C20H14F3N5OS. The lowest BCUT2D eigenvalue weighted by molar-refractivity contribution is -0.137. The van der Waals surface area contributed by atoms with E-state index in [9.17, 15) is 18.0 Å². The molecule has 0 unspecified atom stereocenters. The molecule has 0 saturated heterocycles. The summed E-state index contributed by atoms with van der Waals surface area (Å²) in [6.45, 7) is 0. The molecule has 0 fully saturated rings. The van der Waals surface area contributed by atoms with Gasteiger partial charge < -0.3 is 5.32 Å².